The van der Waals surface area contributed by atoms with E-state index in [4.69, 9.17) is 9.47 Å². The summed E-state index contributed by atoms with van der Waals surface area (Å²) in [6.07, 6.45) is 4.14. The van der Waals surface area contributed by atoms with Crippen molar-refractivity contribution in [2.24, 2.45) is 0 Å². The first-order chi connectivity index (χ1) is 17.2. The van der Waals surface area contributed by atoms with Crippen molar-refractivity contribution in [1.82, 2.24) is 15.0 Å². The Kier molecular flexibility index (Phi) is 6.90. The maximum atomic E-state index is 14.4. The predicted octanol–water partition coefficient (Wildman–Crippen LogP) is 4.98. The molecule has 0 atom stereocenters. The largest absolute Gasteiger partial charge is 0.488 e. The molecule has 0 bridgehead atoms. The zero-order valence-electron chi connectivity index (χ0n) is 19.0. The fourth-order valence-corrected chi connectivity index (χ4v) is 3.97. The van der Waals surface area contributed by atoms with Gasteiger partial charge in [0.25, 0.3) is 0 Å². The molecule has 6 nitrogen and oxygen atoms in total. The van der Waals surface area contributed by atoms with Crippen LogP contribution in [0.1, 0.15) is 16.8 Å². The summed E-state index contributed by atoms with van der Waals surface area (Å²) in [6.45, 7) is 1.89. The van der Waals surface area contributed by atoms with E-state index < -0.39 is 11.6 Å². The van der Waals surface area contributed by atoms with Crippen LogP contribution in [0.3, 0.4) is 0 Å². The van der Waals surface area contributed by atoms with Gasteiger partial charge in [-0.1, -0.05) is 36.4 Å². The molecule has 5 rings (SSSR count). The van der Waals surface area contributed by atoms with E-state index in [1.165, 1.54) is 12.1 Å². The number of pyridine rings is 1. The molecule has 0 saturated heterocycles. The number of benzene rings is 2. The first kappa shape index (κ1) is 22.9. The maximum Gasteiger partial charge on any atom is 0.200 e. The molecule has 0 spiro atoms. The normalized spacial score (nSPS) is 12.9. The Balaban J connectivity index is 1.23. The Bertz CT molecular complexity index is 1290. The summed E-state index contributed by atoms with van der Waals surface area (Å²) >= 11 is 0. The minimum atomic E-state index is -1.00. The summed E-state index contributed by atoms with van der Waals surface area (Å²) in [5.74, 6) is -1.50. The number of fused-ring (bicyclic) bond motifs is 1. The fraction of sp³-hybridized carbons (Fsp3) is 0.222. The van der Waals surface area contributed by atoms with Crippen LogP contribution >= 0.6 is 0 Å². The number of anilines is 1. The summed E-state index contributed by atoms with van der Waals surface area (Å²) in [5.41, 5.74) is 4.17. The van der Waals surface area contributed by atoms with Crippen molar-refractivity contribution >= 4 is 5.69 Å². The molecule has 0 amide bonds. The molecule has 2 aromatic carbocycles. The zero-order valence-corrected chi connectivity index (χ0v) is 19.0. The van der Waals surface area contributed by atoms with Crippen molar-refractivity contribution < 1.29 is 18.3 Å². The highest BCUT2D eigenvalue weighted by molar-refractivity contribution is 5.54. The second-order valence-electron chi connectivity index (χ2n) is 8.18. The number of hydrogen-bond donors (Lipinski definition) is 0. The van der Waals surface area contributed by atoms with E-state index in [-0.39, 0.29) is 19.0 Å². The van der Waals surface area contributed by atoms with Gasteiger partial charge in [0.1, 0.15) is 12.3 Å². The number of ether oxygens (including phenoxy) is 2. The highest BCUT2D eigenvalue weighted by atomic mass is 19.2. The van der Waals surface area contributed by atoms with Crippen LogP contribution in [0.5, 0.6) is 5.75 Å². The van der Waals surface area contributed by atoms with Crippen molar-refractivity contribution in [3.05, 3.63) is 102 Å². The predicted molar refractivity (Wildman–Crippen MR) is 128 cm³/mol. The summed E-state index contributed by atoms with van der Waals surface area (Å²) in [4.78, 5) is 15.4. The van der Waals surface area contributed by atoms with Crippen LogP contribution in [0.4, 0.5) is 14.5 Å². The fourth-order valence-electron chi connectivity index (χ4n) is 3.97. The van der Waals surface area contributed by atoms with Gasteiger partial charge in [-0.2, -0.15) is 4.39 Å². The summed E-state index contributed by atoms with van der Waals surface area (Å²) in [6, 6.07) is 18.1. The third-order valence-corrected chi connectivity index (χ3v) is 5.77. The van der Waals surface area contributed by atoms with Gasteiger partial charge in [-0.25, -0.2) is 14.4 Å². The summed E-state index contributed by atoms with van der Waals surface area (Å²) in [7, 11) is 0. The number of hydrogen-bond acceptors (Lipinski definition) is 6. The van der Waals surface area contributed by atoms with Crippen LogP contribution in [0.15, 0.2) is 73.1 Å². The topological polar surface area (TPSA) is 60.4 Å². The van der Waals surface area contributed by atoms with E-state index in [0.717, 1.165) is 16.8 Å². The van der Waals surface area contributed by atoms with Gasteiger partial charge in [-0.3, -0.25) is 4.98 Å². The quantitative estimate of drug-likeness (QED) is 0.336. The summed E-state index contributed by atoms with van der Waals surface area (Å²) in [5, 5.41) is 0. The Hall–Kier alpha value is -3.91. The molecule has 2 aromatic heterocycles. The lowest BCUT2D eigenvalue weighted by molar-refractivity contribution is 0.0874. The van der Waals surface area contributed by atoms with Gasteiger partial charge in [0, 0.05) is 55.3 Å². The van der Waals surface area contributed by atoms with E-state index in [0.29, 0.717) is 43.3 Å². The summed E-state index contributed by atoms with van der Waals surface area (Å²) < 4.78 is 39.9. The molecule has 0 saturated carbocycles. The standard InChI is InChI=1S/C27H24F2N4O2/c28-22-14-21(15-25(26(22)29)35-13-12-34-18-19-6-2-1-3-7-19)33-11-9-23-20(17-33)16-31-27(32-23)24-8-4-5-10-30-24/h1-8,10,14-16H,9,11-13,17-18H2. The van der Waals surface area contributed by atoms with Crippen molar-refractivity contribution in [3.8, 4) is 17.3 Å². The number of aromatic nitrogens is 3. The Morgan fingerprint density at radius 3 is 2.63 bits per heavy atom. The van der Waals surface area contributed by atoms with Crippen molar-refractivity contribution in [2.75, 3.05) is 24.7 Å². The van der Waals surface area contributed by atoms with Crippen molar-refractivity contribution in [2.45, 2.75) is 19.6 Å². The molecule has 178 valence electrons. The van der Waals surface area contributed by atoms with Crippen molar-refractivity contribution in [1.29, 1.82) is 0 Å². The van der Waals surface area contributed by atoms with Gasteiger partial charge in [0.05, 0.1) is 18.9 Å². The lowest BCUT2D eigenvalue weighted by atomic mass is 10.1. The lowest BCUT2D eigenvalue weighted by Gasteiger charge is -2.30. The number of nitrogens with zero attached hydrogens (tertiary/aromatic N) is 4. The third-order valence-electron chi connectivity index (χ3n) is 5.77. The molecule has 0 N–H and O–H groups in total. The SMILES string of the molecule is Fc1cc(N2CCc3nc(-c4ccccn4)ncc3C2)cc(OCCOCc2ccccc2)c1F. The van der Waals surface area contributed by atoms with Crippen LogP contribution in [0.25, 0.3) is 11.5 Å². The van der Waals surface area contributed by atoms with Crippen LogP contribution in [-0.4, -0.2) is 34.7 Å². The molecule has 1 aliphatic heterocycles. The first-order valence-electron chi connectivity index (χ1n) is 11.4. The molecular weight excluding hydrogens is 450 g/mol. The second-order valence-corrected chi connectivity index (χ2v) is 8.18. The van der Waals surface area contributed by atoms with Gasteiger partial charge in [0.2, 0.25) is 5.82 Å². The molecule has 0 unspecified atom stereocenters. The number of halogens is 2. The van der Waals surface area contributed by atoms with E-state index >= 15 is 0 Å². The molecule has 8 heteroatoms. The highest BCUT2D eigenvalue weighted by Gasteiger charge is 2.22. The molecular formula is C27H24F2N4O2. The average molecular weight is 475 g/mol. The molecule has 35 heavy (non-hydrogen) atoms. The maximum absolute atomic E-state index is 14.4. The van der Waals surface area contributed by atoms with Gasteiger partial charge in [0.15, 0.2) is 17.4 Å². The molecule has 0 radical (unpaired) electrons. The van der Waals surface area contributed by atoms with Crippen LogP contribution in [-0.2, 0) is 24.3 Å². The molecule has 3 heterocycles. The first-order valence-corrected chi connectivity index (χ1v) is 11.4. The zero-order chi connectivity index (χ0) is 24.0. The van der Waals surface area contributed by atoms with Crippen LogP contribution < -0.4 is 9.64 Å². The van der Waals surface area contributed by atoms with Gasteiger partial charge >= 0.3 is 0 Å². The van der Waals surface area contributed by atoms with Crippen LogP contribution in [0, 0.1) is 11.6 Å². The minimum Gasteiger partial charge on any atom is -0.488 e. The van der Waals surface area contributed by atoms with E-state index in [9.17, 15) is 8.78 Å². The van der Waals surface area contributed by atoms with E-state index in [2.05, 4.69) is 15.0 Å². The highest BCUT2D eigenvalue weighted by Crippen LogP contribution is 2.31. The number of rotatable bonds is 8. The second kappa shape index (κ2) is 10.6. The average Bonchev–Trinajstić information content (AvgIpc) is 2.91. The molecule has 0 aliphatic carbocycles. The van der Waals surface area contributed by atoms with Gasteiger partial charge in [-0.15, -0.1) is 0 Å². The lowest BCUT2D eigenvalue weighted by Crippen LogP contribution is -2.31. The Labute approximate surface area is 202 Å². The van der Waals surface area contributed by atoms with Crippen molar-refractivity contribution in [3.63, 3.8) is 0 Å². The van der Waals surface area contributed by atoms with Crippen LogP contribution in [0.2, 0.25) is 0 Å². The van der Waals surface area contributed by atoms with Gasteiger partial charge < -0.3 is 14.4 Å². The Morgan fingerprint density at radius 1 is 0.943 bits per heavy atom. The van der Waals surface area contributed by atoms with Gasteiger partial charge in [-0.05, 0) is 17.7 Å². The minimum absolute atomic E-state index is 0.111. The smallest absolute Gasteiger partial charge is 0.200 e. The Morgan fingerprint density at radius 2 is 1.80 bits per heavy atom. The van der Waals surface area contributed by atoms with E-state index in [1.54, 1.807) is 12.4 Å². The monoisotopic (exact) mass is 474 g/mol. The molecule has 0 fully saturated rings. The van der Waals surface area contributed by atoms with E-state index in [1.807, 2.05) is 53.4 Å². The molecule has 4 aromatic rings. The molecule has 1 aliphatic rings. The third kappa shape index (κ3) is 5.44.